The molecule has 0 fully saturated rings. The van der Waals surface area contributed by atoms with Gasteiger partial charge in [0.15, 0.2) is 0 Å². The second-order valence-electron chi connectivity index (χ2n) is 5.02. The molecule has 0 unspecified atom stereocenters. The van der Waals surface area contributed by atoms with Gasteiger partial charge in [-0.05, 0) is 36.7 Å². The van der Waals surface area contributed by atoms with Crippen molar-refractivity contribution in [3.05, 3.63) is 34.9 Å². The van der Waals surface area contributed by atoms with Crippen LogP contribution in [0.15, 0.2) is 18.2 Å². The molecule has 1 rings (SSSR count). The van der Waals surface area contributed by atoms with Crippen LogP contribution in [0, 0.1) is 0 Å². The van der Waals surface area contributed by atoms with E-state index in [0.29, 0.717) is 18.6 Å². The van der Waals surface area contributed by atoms with Crippen LogP contribution in [0.1, 0.15) is 30.0 Å². The lowest BCUT2D eigenvalue weighted by Crippen LogP contribution is -2.30. The number of carboxylic acids is 1. The van der Waals surface area contributed by atoms with Crippen LogP contribution in [0.4, 0.5) is 26.3 Å². The van der Waals surface area contributed by atoms with Gasteiger partial charge in [0.25, 0.3) is 0 Å². The Morgan fingerprint density at radius 1 is 1.04 bits per heavy atom. The Morgan fingerprint density at radius 3 is 1.87 bits per heavy atom. The molecule has 0 spiro atoms. The number of benzene rings is 1. The Morgan fingerprint density at radius 2 is 1.52 bits per heavy atom. The Balaban J connectivity index is 3.20. The number of alkyl halides is 6. The van der Waals surface area contributed by atoms with Crippen molar-refractivity contribution in [2.45, 2.75) is 32.2 Å². The van der Waals surface area contributed by atoms with Gasteiger partial charge in [-0.15, -0.1) is 0 Å². The zero-order valence-electron chi connectivity index (χ0n) is 12.1. The Labute approximate surface area is 128 Å². The summed E-state index contributed by atoms with van der Waals surface area (Å²) in [6, 6.07) is 1.27. The number of halogens is 6. The van der Waals surface area contributed by atoms with E-state index in [9.17, 15) is 31.1 Å². The van der Waals surface area contributed by atoms with Gasteiger partial charge in [-0.2, -0.15) is 26.3 Å². The van der Waals surface area contributed by atoms with Crippen molar-refractivity contribution in [1.82, 2.24) is 4.90 Å². The topological polar surface area (TPSA) is 40.5 Å². The van der Waals surface area contributed by atoms with Gasteiger partial charge in [-0.1, -0.05) is 6.92 Å². The molecule has 0 atom stereocenters. The summed E-state index contributed by atoms with van der Waals surface area (Å²) >= 11 is 0. The van der Waals surface area contributed by atoms with E-state index >= 15 is 0 Å². The van der Waals surface area contributed by atoms with Crippen molar-refractivity contribution in [1.29, 1.82) is 0 Å². The largest absolute Gasteiger partial charge is 0.480 e. The highest BCUT2D eigenvalue weighted by molar-refractivity contribution is 5.69. The molecule has 1 aromatic rings. The minimum Gasteiger partial charge on any atom is -0.480 e. The molecule has 130 valence electrons. The molecule has 0 aliphatic carbocycles. The fourth-order valence-electron chi connectivity index (χ4n) is 2.09. The zero-order valence-corrected chi connectivity index (χ0v) is 12.1. The maximum atomic E-state index is 12.8. The molecule has 0 saturated carbocycles. The van der Waals surface area contributed by atoms with Gasteiger partial charge in [0.1, 0.15) is 0 Å². The van der Waals surface area contributed by atoms with E-state index in [2.05, 4.69) is 0 Å². The standard InChI is InChI=1S/C14H15F6NO2/c1-2-3-21(8-12(22)23)7-9-4-10(13(15,16)17)6-11(5-9)14(18,19)20/h4-6H,2-3,7-8H2,1H3,(H,22,23). The van der Waals surface area contributed by atoms with E-state index < -0.39 is 36.0 Å². The molecule has 0 radical (unpaired) electrons. The van der Waals surface area contributed by atoms with Crippen LogP contribution in [0.3, 0.4) is 0 Å². The Bertz CT molecular complexity index is 521. The van der Waals surface area contributed by atoms with Crippen LogP contribution in [0.5, 0.6) is 0 Å². The normalized spacial score (nSPS) is 12.7. The lowest BCUT2D eigenvalue weighted by molar-refractivity contribution is -0.143. The first-order valence-electron chi connectivity index (χ1n) is 6.66. The molecule has 1 N–H and O–H groups in total. The number of nitrogens with zero attached hydrogens (tertiary/aromatic N) is 1. The highest BCUT2D eigenvalue weighted by atomic mass is 19.4. The summed E-state index contributed by atoms with van der Waals surface area (Å²) in [5.74, 6) is -1.21. The minimum atomic E-state index is -4.92. The maximum absolute atomic E-state index is 12.8. The van der Waals surface area contributed by atoms with Gasteiger partial charge in [0.05, 0.1) is 17.7 Å². The van der Waals surface area contributed by atoms with E-state index in [1.165, 1.54) is 4.90 Å². The van der Waals surface area contributed by atoms with Gasteiger partial charge in [0.2, 0.25) is 0 Å². The van der Waals surface area contributed by atoms with Crippen molar-refractivity contribution in [2.75, 3.05) is 13.1 Å². The third-order valence-electron chi connectivity index (χ3n) is 2.95. The van der Waals surface area contributed by atoms with Crippen molar-refractivity contribution >= 4 is 5.97 Å². The van der Waals surface area contributed by atoms with E-state index in [0.717, 1.165) is 0 Å². The zero-order chi connectivity index (χ0) is 17.8. The summed E-state index contributed by atoms with van der Waals surface area (Å²) in [4.78, 5) is 12.0. The highest BCUT2D eigenvalue weighted by Crippen LogP contribution is 2.36. The minimum absolute atomic E-state index is 0.0465. The monoisotopic (exact) mass is 343 g/mol. The molecule has 0 saturated heterocycles. The number of carboxylic acid groups (broad SMARTS) is 1. The number of carbonyl (C=O) groups is 1. The van der Waals surface area contributed by atoms with Gasteiger partial charge < -0.3 is 5.11 Å². The molecule has 3 nitrogen and oxygen atoms in total. The van der Waals surface area contributed by atoms with Crippen LogP contribution in [0.2, 0.25) is 0 Å². The molecule has 0 aliphatic heterocycles. The lowest BCUT2D eigenvalue weighted by Gasteiger charge is -2.21. The number of rotatable bonds is 6. The molecular formula is C14H15F6NO2. The molecule has 9 heteroatoms. The number of hydrogen-bond acceptors (Lipinski definition) is 2. The molecule has 0 aliphatic rings. The summed E-state index contributed by atoms with van der Waals surface area (Å²) < 4.78 is 76.5. The molecule has 0 bridgehead atoms. The average molecular weight is 343 g/mol. The van der Waals surface area contributed by atoms with E-state index in [4.69, 9.17) is 5.11 Å². The second-order valence-corrected chi connectivity index (χ2v) is 5.02. The Kier molecular flexibility index (Phi) is 6.04. The third-order valence-corrected chi connectivity index (χ3v) is 2.95. The summed E-state index contributed by atoms with van der Waals surface area (Å²) in [6.45, 7) is 1.19. The fourth-order valence-corrected chi connectivity index (χ4v) is 2.09. The summed E-state index contributed by atoms with van der Waals surface area (Å²) in [5.41, 5.74) is -3.05. The molecule has 23 heavy (non-hydrogen) atoms. The van der Waals surface area contributed by atoms with Gasteiger partial charge in [-0.25, -0.2) is 0 Å². The fraction of sp³-hybridized carbons (Fsp3) is 0.500. The van der Waals surface area contributed by atoms with Crippen molar-refractivity contribution in [3.63, 3.8) is 0 Å². The predicted molar refractivity (Wildman–Crippen MR) is 69.6 cm³/mol. The van der Waals surface area contributed by atoms with Crippen molar-refractivity contribution in [2.24, 2.45) is 0 Å². The molecule has 1 aromatic carbocycles. The van der Waals surface area contributed by atoms with Gasteiger partial charge in [0, 0.05) is 6.54 Å². The van der Waals surface area contributed by atoms with Crippen LogP contribution in [-0.4, -0.2) is 29.1 Å². The molecule has 0 heterocycles. The third kappa shape index (κ3) is 6.09. The molecular weight excluding hydrogens is 328 g/mol. The highest BCUT2D eigenvalue weighted by Gasteiger charge is 2.37. The quantitative estimate of drug-likeness (QED) is 0.793. The smallest absolute Gasteiger partial charge is 0.416 e. The average Bonchev–Trinajstić information content (AvgIpc) is 2.35. The van der Waals surface area contributed by atoms with Crippen molar-refractivity contribution in [3.8, 4) is 0 Å². The van der Waals surface area contributed by atoms with Crippen LogP contribution in [0.25, 0.3) is 0 Å². The number of hydrogen-bond donors (Lipinski definition) is 1. The molecule has 0 aromatic heterocycles. The van der Waals surface area contributed by atoms with E-state index in [1.54, 1.807) is 6.92 Å². The molecule has 0 amide bonds. The first kappa shape index (κ1) is 19.3. The van der Waals surface area contributed by atoms with E-state index in [-0.39, 0.29) is 24.7 Å². The maximum Gasteiger partial charge on any atom is 0.416 e. The predicted octanol–water partition coefficient (Wildman–Crippen LogP) is 4.02. The SMILES string of the molecule is CCCN(CC(=O)O)Cc1cc(C(F)(F)F)cc(C(F)(F)F)c1. The first-order valence-corrected chi connectivity index (χ1v) is 6.66. The second kappa shape index (κ2) is 7.20. The van der Waals surface area contributed by atoms with Crippen LogP contribution >= 0.6 is 0 Å². The van der Waals surface area contributed by atoms with Gasteiger partial charge in [-0.3, -0.25) is 9.69 Å². The summed E-state index contributed by atoms with van der Waals surface area (Å²) in [5, 5.41) is 8.75. The van der Waals surface area contributed by atoms with Gasteiger partial charge >= 0.3 is 18.3 Å². The van der Waals surface area contributed by atoms with Crippen LogP contribution < -0.4 is 0 Å². The summed E-state index contributed by atoms with van der Waals surface area (Å²) in [6.07, 6.45) is -9.32. The first-order chi connectivity index (χ1) is 10.4. The van der Waals surface area contributed by atoms with Crippen molar-refractivity contribution < 1.29 is 36.2 Å². The Hall–Kier alpha value is -1.77. The number of aliphatic carboxylic acids is 1. The van der Waals surface area contributed by atoms with E-state index in [1.807, 2.05) is 0 Å². The lowest BCUT2D eigenvalue weighted by atomic mass is 10.0. The van der Waals surface area contributed by atoms with Crippen LogP contribution in [-0.2, 0) is 23.7 Å². The summed E-state index contributed by atoms with van der Waals surface area (Å²) in [7, 11) is 0.